The SMILES string of the molecule is CC(=O)OCC(=O)Nc1c(I)c(C(=O)O)c(I)c(C(=O)NCC(COC(C)=O)OC(C)=O)c1I.Cl. The van der Waals surface area contributed by atoms with Gasteiger partial charge in [-0.05, 0) is 67.8 Å². The molecule has 0 aromatic heterocycles. The molecule has 1 unspecified atom stereocenters. The molecule has 0 spiro atoms. The maximum Gasteiger partial charge on any atom is 0.337 e. The molecule has 0 heterocycles. The van der Waals surface area contributed by atoms with Crippen molar-refractivity contribution in [2.45, 2.75) is 26.9 Å². The highest BCUT2D eigenvalue weighted by molar-refractivity contribution is 14.1. The predicted molar refractivity (Wildman–Crippen MR) is 149 cm³/mol. The standard InChI is InChI=1S/C19H19I3N2O10.ClH/c1-7(25)32-5-10(34-9(3)27)4-23-18(29)12-14(20)13(19(30)31)16(22)17(15(12)21)24-11(28)6-33-8(2)26;/h10H,4-6H2,1-3H3,(H,23,29)(H,24,28)(H,30,31);1H. The predicted octanol–water partition coefficient (Wildman–Crippen LogP) is 2.35. The second-order valence-electron chi connectivity index (χ2n) is 6.44. The molecule has 1 aromatic carbocycles. The number of esters is 3. The lowest BCUT2D eigenvalue weighted by molar-refractivity contribution is -0.155. The smallest absolute Gasteiger partial charge is 0.337 e. The Kier molecular flexibility index (Phi) is 14.9. The molecule has 35 heavy (non-hydrogen) atoms. The average Bonchev–Trinajstić information content (AvgIpc) is 2.70. The molecular weight excluding hydrogens is 832 g/mol. The monoisotopic (exact) mass is 852 g/mol. The highest BCUT2D eigenvalue weighted by Gasteiger charge is 2.29. The van der Waals surface area contributed by atoms with E-state index in [0.29, 0.717) is 0 Å². The van der Waals surface area contributed by atoms with Gasteiger partial charge in [-0.1, -0.05) is 0 Å². The first-order valence-corrected chi connectivity index (χ1v) is 12.5. The van der Waals surface area contributed by atoms with Crippen molar-refractivity contribution in [3.63, 3.8) is 0 Å². The lowest BCUT2D eigenvalue weighted by Crippen LogP contribution is -2.38. The largest absolute Gasteiger partial charge is 0.478 e. The molecule has 0 aliphatic carbocycles. The van der Waals surface area contributed by atoms with Crippen molar-refractivity contribution < 1.29 is 48.1 Å². The van der Waals surface area contributed by atoms with Gasteiger partial charge < -0.3 is 30.0 Å². The maximum atomic E-state index is 13.0. The lowest BCUT2D eigenvalue weighted by atomic mass is 10.1. The average molecular weight is 853 g/mol. The first-order valence-electron chi connectivity index (χ1n) is 9.21. The molecule has 1 rings (SSSR count). The highest BCUT2D eigenvalue weighted by atomic mass is 127. The molecule has 0 radical (unpaired) electrons. The van der Waals surface area contributed by atoms with Gasteiger partial charge in [0.25, 0.3) is 11.8 Å². The van der Waals surface area contributed by atoms with Gasteiger partial charge in [0.15, 0.2) is 12.7 Å². The molecule has 12 nitrogen and oxygen atoms in total. The Morgan fingerprint density at radius 1 is 0.857 bits per heavy atom. The molecule has 1 aromatic rings. The number of benzene rings is 1. The van der Waals surface area contributed by atoms with Crippen LogP contribution in [-0.2, 0) is 33.4 Å². The van der Waals surface area contributed by atoms with Gasteiger partial charge in [-0.3, -0.25) is 24.0 Å². The van der Waals surface area contributed by atoms with Crippen LogP contribution in [0.4, 0.5) is 5.69 Å². The van der Waals surface area contributed by atoms with Gasteiger partial charge in [0.2, 0.25) is 0 Å². The third-order valence-corrected chi connectivity index (χ3v) is 6.96. The van der Waals surface area contributed by atoms with Gasteiger partial charge in [-0.15, -0.1) is 12.4 Å². The number of halogens is 4. The van der Waals surface area contributed by atoms with Crippen LogP contribution in [0.3, 0.4) is 0 Å². The fraction of sp³-hybridized carbons (Fsp3) is 0.368. The number of ether oxygens (including phenoxy) is 3. The number of carboxylic acids is 1. The van der Waals surface area contributed by atoms with Crippen molar-refractivity contribution >= 4 is 122 Å². The van der Waals surface area contributed by atoms with Crippen LogP contribution in [0.25, 0.3) is 0 Å². The van der Waals surface area contributed by atoms with Crippen molar-refractivity contribution in [3.8, 4) is 0 Å². The van der Waals surface area contributed by atoms with Crippen LogP contribution in [0.1, 0.15) is 41.5 Å². The third-order valence-electron chi connectivity index (χ3n) is 3.72. The molecule has 16 heteroatoms. The number of rotatable bonds is 10. The maximum absolute atomic E-state index is 13.0. The quantitative estimate of drug-likeness (QED) is 0.180. The molecule has 194 valence electrons. The first kappa shape index (κ1) is 33.5. The van der Waals surface area contributed by atoms with Gasteiger partial charge >= 0.3 is 23.9 Å². The summed E-state index contributed by atoms with van der Waals surface area (Å²) in [6.07, 6.45) is -0.980. The normalized spacial score (nSPS) is 10.8. The van der Waals surface area contributed by atoms with Crippen molar-refractivity contribution in [2.75, 3.05) is 25.1 Å². The molecule has 3 N–H and O–H groups in total. The molecule has 0 bridgehead atoms. The van der Waals surface area contributed by atoms with Crippen LogP contribution in [-0.4, -0.2) is 66.7 Å². The molecule has 1 atom stereocenters. The van der Waals surface area contributed by atoms with Crippen molar-refractivity contribution in [1.29, 1.82) is 0 Å². The Morgan fingerprint density at radius 2 is 1.40 bits per heavy atom. The second-order valence-corrected chi connectivity index (χ2v) is 9.68. The number of carboxylic acid groups (broad SMARTS) is 1. The number of hydrogen-bond donors (Lipinski definition) is 3. The zero-order valence-electron chi connectivity index (χ0n) is 18.4. The third kappa shape index (κ3) is 10.6. The molecule has 0 aliphatic heterocycles. The van der Waals surface area contributed by atoms with E-state index in [2.05, 4.69) is 15.4 Å². The number of anilines is 1. The van der Waals surface area contributed by atoms with Crippen LogP contribution in [0.15, 0.2) is 0 Å². The summed E-state index contributed by atoms with van der Waals surface area (Å²) in [6.45, 7) is 2.31. The summed E-state index contributed by atoms with van der Waals surface area (Å²) < 4.78 is 15.0. The summed E-state index contributed by atoms with van der Waals surface area (Å²) in [4.78, 5) is 70.4. The van der Waals surface area contributed by atoms with Crippen molar-refractivity contribution in [3.05, 3.63) is 21.8 Å². The van der Waals surface area contributed by atoms with Crippen LogP contribution >= 0.6 is 80.2 Å². The van der Waals surface area contributed by atoms with Crippen LogP contribution in [0.2, 0.25) is 0 Å². The van der Waals surface area contributed by atoms with Gasteiger partial charge in [0, 0.05) is 24.3 Å². The van der Waals surface area contributed by atoms with E-state index >= 15 is 0 Å². The summed E-state index contributed by atoms with van der Waals surface area (Å²) in [7, 11) is 0. The van der Waals surface area contributed by atoms with Crippen molar-refractivity contribution in [2.24, 2.45) is 0 Å². The van der Waals surface area contributed by atoms with E-state index in [1.807, 2.05) is 0 Å². The van der Waals surface area contributed by atoms with E-state index in [9.17, 15) is 33.9 Å². The highest BCUT2D eigenvalue weighted by Crippen LogP contribution is 2.35. The first-order chi connectivity index (χ1) is 15.8. The van der Waals surface area contributed by atoms with E-state index in [1.165, 1.54) is 6.92 Å². The molecule has 0 saturated carbocycles. The summed E-state index contributed by atoms with van der Waals surface area (Å²) in [5, 5.41) is 14.7. The van der Waals surface area contributed by atoms with Gasteiger partial charge in [0.1, 0.15) is 6.61 Å². The number of carbonyl (C=O) groups is 6. The molecule has 2 amide bonds. The summed E-state index contributed by atoms with van der Waals surface area (Å²) in [5.74, 6) is -4.72. The fourth-order valence-corrected chi connectivity index (χ4v) is 6.77. The number of hydrogen-bond acceptors (Lipinski definition) is 9. The zero-order chi connectivity index (χ0) is 26.2. The second kappa shape index (κ2) is 15.6. The minimum Gasteiger partial charge on any atom is -0.478 e. The van der Waals surface area contributed by atoms with E-state index in [-0.39, 0.29) is 53.1 Å². The topological polar surface area (TPSA) is 174 Å². The minimum absolute atomic E-state index is 0. The number of aromatic carboxylic acids is 1. The van der Waals surface area contributed by atoms with E-state index in [0.717, 1.165) is 13.8 Å². The lowest BCUT2D eigenvalue weighted by Gasteiger charge is -2.20. The van der Waals surface area contributed by atoms with Crippen LogP contribution in [0.5, 0.6) is 0 Å². The van der Waals surface area contributed by atoms with Gasteiger partial charge in [-0.2, -0.15) is 0 Å². The summed E-state index contributed by atoms with van der Waals surface area (Å²) >= 11 is 5.23. The summed E-state index contributed by atoms with van der Waals surface area (Å²) in [6, 6.07) is 0. The number of carbonyl (C=O) groups excluding carboxylic acids is 5. The number of nitrogens with one attached hydrogen (secondary N) is 2. The van der Waals surface area contributed by atoms with E-state index in [1.54, 1.807) is 67.8 Å². The Labute approximate surface area is 246 Å². The molecule has 0 fully saturated rings. The Balaban J connectivity index is 0.0000116. The Bertz CT molecular complexity index is 1030. The fourth-order valence-electron chi connectivity index (χ4n) is 2.38. The zero-order valence-corrected chi connectivity index (χ0v) is 25.7. The van der Waals surface area contributed by atoms with Gasteiger partial charge in [0.05, 0.1) is 30.5 Å². The van der Waals surface area contributed by atoms with Crippen LogP contribution in [0, 0.1) is 10.7 Å². The van der Waals surface area contributed by atoms with E-state index < -0.39 is 48.4 Å². The van der Waals surface area contributed by atoms with Crippen LogP contribution < -0.4 is 10.6 Å². The molecule has 0 aliphatic rings. The number of amides is 2. The van der Waals surface area contributed by atoms with Crippen molar-refractivity contribution in [1.82, 2.24) is 5.32 Å². The Morgan fingerprint density at radius 3 is 1.89 bits per heavy atom. The molecule has 0 saturated heterocycles. The molecular formula is C19H20ClI3N2O10. The minimum atomic E-state index is -1.33. The Hall–Kier alpha value is -1.48. The van der Waals surface area contributed by atoms with Gasteiger partial charge in [-0.25, -0.2) is 4.79 Å². The summed E-state index contributed by atoms with van der Waals surface area (Å²) in [5.41, 5.74) is -0.209. The van der Waals surface area contributed by atoms with E-state index in [4.69, 9.17) is 9.47 Å².